The predicted molar refractivity (Wildman–Crippen MR) is 65.2 cm³/mol. The average molecular weight is 222 g/mol. The molecule has 1 atom stereocenters. The van der Waals surface area contributed by atoms with Crippen LogP contribution in [0.1, 0.15) is 42.4 Å². The second-order valence-electron chi connectivity index (χ2n) is 4.46. The quantitative estimate of drug-likeness (QED) is 0.755. The van der Waals surface area contributed by atoms with Crippen molar-refractivity contribution in [1.82, 2.24) is 0 Å². The van der Waals surface area contributed by atoms with Crippen LogP contribution in [0.15, 0.2) is 23.8 Å². The highest BCUT2D eigenvalue weighted by Gasteiger charge is 2.29. The van der Waals surface area contributed by atoms with E-state index in [2.05, 4.69) is 25.1 Å². The molecule has 1 unspecified atom stereocenters. The fraction of sp³-hybridized carbons (Fsp3) is 0.538. The third-order valence-electron chi connectivity index (χ3n) is 3.14. The predicted octanol–water partition coefficient (Wildman–Crippen LogP) is 3.76. The molecule has 15 heavy (non-hydrogen) atoms. The third-order valence-corrected chi connectivity index (χ3v) is 4.35. The van der Waals surface area contributed by atoms with Crippen LogP contribution < -0.4 is 0 Å². The Bertz CT molecular complexity index is 374. The first-order valence-corrected chi connectivity index (χ1v) is 6.41. The first kappa shape index (κ1) is 10.9. The van der Waals surface area contributed by atoms with Crippen molar-refractivity contribution >= 4 is 11.3 Å². The van der Waals surface area contributed by atoms with E-state index in [1.165, 1.54) is 23.3 Å². The standard InChI is InChI=1S/C13H18OS/c1-10-8-9-12(15-10)13(2,14)11-6-4-3-5-7-11/h6,8-9,14H,3-5,7H2,1-2H3. The van der Waals surface area contributed by atoms with Crippen LogP contribution in [-0.2, 0) is 5.60 Å². The molecule has 0 amide bonds. The van der Waals surface area contributed by atoms with Gasteiger partial charge in [-0.3, -0.25) is 0 Å². The molecule has 0 saturated carbocycles. The SMILES string of the molecule is Cc1ccc(C(C)(O)C2=CCCCC2)s1. The van der Waals surface area contributed by atoms with Crippen LogP contribution in [0.4, 0.5) is 0 Å². The maximum atomic E-state index is 10.6. The minimum Gasteiger partial charge on any atom is -0.380 e. The first-order valence-electron chi connectivity index (χ1n) is 5.59. The lowest BCUT2D eigenvalue weighted by molar-refractivity contribution is 0.0954. The van der Waals surface area contributed by atoms with Gasteiger partial charge in [0.15, 0.2) is 0 Å². The minimum absolute atomic E-state index is 0.737. The molecule has 1 aromatic heterocycles. The Morgan fingerprint density at radius 2 is 2.13 bits per heavy atom. The van der Waals surface area contributed by atoms with Gasteiger partial charge in [-0.05, 0) is 57.2 Å². The van der Waals surface area contributed by atoms with Gasteiger partial charge in [-0.2, -0.15) is 0 Å². The summed E-state index contributed by atoms with van der Waals surface area (Å²) < 4.78 is 0. The molecule has 82 valence electrons. The molecule has 2 heteroatoms. The van der Waals surface area contributed by atoms with Gasteiger partial charge in [0.2, 0.25) is 0 Å². The molecule has 1 N–H and O–H groups in total. The van der Waals surface area contributed by atoms with Crippen LogP contribution in [0, 0.1) is 6.92 Å². The van der Waals surface area contributed by atoms with Crippen molar-refractivity contribution in [2.75, 3.05) is 0 Å². The van der Waals surface area contributed by atoms with E-state index < -0.39 is 5.60 Å². The lowest BCUT2D eigenvalue weighted by Crippen LogP contribution is -2.23. The van der Waals surface area contributed by atoms with Crippen molar-refractivity contribution in [3.63, 3.8) is 0 Å². The number of rotatable bonds is 2. The zero-order chi connectivity index (χ0) is 10.9. The summed E-state index contributed by atoms with van der Waals surface area (Å²) in [7, 11) is 0. The Kier molecular flexibility index (Phi) is 2.98. The molecule has 0 fully saturated rings. The zero-order valence-corrected chi connectivity index (χ0v) is 10.2. The maximum Gasteiger partial charge on any atom is 0.117 e. The molecule has 0 radical (unpaired) electrons. The Labute approximate surface area is 95.5 Å². The van der Waals surface area contributed by atoms with E-state index in [-0.39, 0.29) is 0 Å². The van der Waals surface area contributed by atoms with Crippen molar-refractivity contribution in [3.8, 4) is 0 Å². The normalized spacial score (nSPS) is 20.9. The zero-order valence-electron chi connectivity index (χ0n) is 9.42. The van der Waals surface area contributed by atoms with Gasteiger partial charge in [0.1, 0.15) is 5.60 Å². The summed E-state index contributed by atoms with van der Waals surface area (Å²) in [5, 5.41) is 10.6. The number of aliphatic hydroxyl groups is 1. The van der Waals surface area contributed by atoms with Crippen molar-refractivity contribution in [1.29, 1.82) is 0 Å². The highest BCUT2D eigenvalue weighted by Crippen LogP contribution is 2.38. The van der Waals surface area contributed by atoms with E-state index in [4.69, 9.17) is 0 Å². The van der Waals surface area contributed by atoms with E-state index in [0.29, 0.717) is 0 Å². The smallest absolute Gasteiger partial charge is 0.117 e. The molecular formula is C13H18OS. The van der Waals surface area contributed by atoms with Gasteiger partial charge in [-0.25, -0.2) is 0 Å². The fourth-order valence-corrected chi connectivity index (χ4v) is 3.08. The molecule has 1 aromatic rings. The number of allylic oxidation sites excluding steroid dienone is 1. The molecule has 0 aromatic carbocycles. The Morgan fingerprint density at radius 3 is 2.67 bits per heavy atom. The van der Waals surface area contributed by atoms with Gasteiger partial charge in [-0.1, -0.05) is 6.08 Å². The van der Waals surface area contributed by atoms with E-state index >= 15 is 0 Å². The topological polar surface area (TPSA) is 20.2 Å². The summed E-state index contributed by atoms with van der Waals surface area (Å²) in [4.78, 5) is 2.34. The van der Waals surface area contributed by atoms with E-state index in [0.717, 1.165) is 17.7 Å². The van der Waals surface area contributed by atoms with Crippen molar-refractivity contribution in [2.45, 2.75) is 45.1 Å². The summed E-state index contributed by atoms with van der Waals surface area (Å²) in [5.41, 5.74) is 0.468. The highest BCUT2D eigenvalue weighted by atomic mass is 32.1. The van der Waals surface area contributed by atoms with Gasteiger partial charge in [0.05, 0.1) is 0 Å². The van der Waals surface area contributed by atoms with E-state index in [1.807, 2.05) is 6.92 Å². The number of aryl methyl sites for hydroxylation is 1. The third kappa shape index (κ3) is 2.16. The Balaban J connectivity index is 2.29. The molecule has 0 saturated heterocycles. The maximum absolute atomic E-state index is 10.6. The molecule has 1 heterocycles. The van der Waals surface area contributed by atoms with Gasteiger partial charge in [0.25, 0.3) is 0 Å². The van der Waals surface area contributed by atoms with E-state index in [1.54, 1.807) is 11.3 Å². The number of hydrogen-bond donors (Lipinski definition) is 1. The van der Waals surface area contributed by atoms with Crippen molar-refractivity contribution in [2.24, 2.45) is 0 Å². The molecule has 0 aliphatic heterocycles. The van der Waals surface area contributed by atoms with Crippen LogP contribution in [0.3, 0.4) is 0 Å². The molecule has 0 bridgehead atoms. The minimum atomic E-state index is -0.737. The van der Waals surface area contributed by atoms with Crippen LogP contribution in [0.25, 0.3) is 0 Å². The largest absolute Gasteiger partial charge is 0.380 e. The Hall–Kier alpha value is -0.600. The van der Waals surface area contributed by atoms with Gasteiger partial charge in [-0.15, -0.1) is 11.3 Å². The molecule has 0 spiro atoms. The second kappa shape index (κ2) is 4.11. The Morgan fingerprint density at radius 1 is 1.33 bits per heavy atom. The van der Waals surface area contributed by atoms with Crippen LogP contribution in [-0.4, -0.2) is 5.11 Å². The number of thiophene rings is 1. The first-order chi connectivity index (χ1) is 7.10. The van der Waals surface area contributed by atoms with Crippen LogP contribution in [0.2, 0.25) is 0 Å². The van der Waals surface area contributed by atoms with Gasteiger partial charge >= 0.3 is 0 Å². The van der Waals surface area contributed by atoms with Gasteiger partial charge in [0, 0.05) is 9.75 Å². The van der Waals surface area contributed by atoms with Crippen molar-refractivity contribution < 1.29 is 5.11 Å². The molecule has 1 aliphatic carbocycles. The van der Waals surface area contributed by atoms with Crippen LogP contribution in [0.5, 0.6) is 0 Å². The fourth-order valence-electron chi connectivity index (χ4n) is 2.13. The molecule has 2 rings (SSSR count). The summed E-state index contributed by atoms with van der Waals surface area (Å²) in [6.45, 7) is 4.01. The average Bonchev–Trinajstić information content (AvgIpc) is 2.67. The van der Waals surface area contributed by atoms with Gasteiger partial charge < -0.3 is 5.11 Å². The van der Waals surface area contributed by atoms with E-state index in [9.17, 15) is 5.11 Å². The molecule has 1 nitrogen and oxygen atoms in total. The van der Waals surface area contributed by atoms with Crippen molar-refractivity contribution in [3.05, 3.63) is 33.5 Å². The monoisotopic (exact) mass is 222 g/mol. The second-order valence-corrected chi connectivity index (χ2v) is 5.75. The van der Waals surface area contributed by atoms with Crippen LogP contribution >= 0.6 is 11.3 Å². The summed E-state index contributed by atoms with van der Waals surface area (Å²) >= 11 is 1.70. The lowest BCUT2D eigenvalue weighted by atomic mass is 9.86. The summed E-state index contributed by atoms with van der Waals surface area (Å²) in [6.07, 6.45) is 6.87. The highest BCUT2D eigenvalue weighted by molar-refractivity contribution is 7.12. The number of hydrogen-bond acceptors (Lipinski definition) is 2. The summed E-state index contributed by atoms with van der Waals surface area (Å²) in [5.74, 6) is 0. The lowest BCUT2D eigenvalue weighted by Gasteiger charge is -2.28. The molecule has 1 aliphatic rings. The molecular weight excluding hydrogens is 204 g/mol. The summed E-state index contributed by atoms with van der Waals surface area (Å²) in [6, 6.07) is 4.13.